The molecule has 0 saturated carbocycles. The minimum absolute atomic E-state index is 0.319. The number of nitrogens with two attached hydrogens (primary N) is 2. The lowest BCUT2D eigenvalue weighted by Crippen LogP contribution is -2.28. The largest absolute Gasteiger partial charge is 0.376 e. The van der Waals surface area contributed by atoms with Crippen molar-refractivity contribution >= 4 is 23.4 Å². The zero-order valence-corrected chi connectivity index (χ0v) is 8.77. The Morgan fingerprint density at radius 3 is 1.79 bits per heavy atom. The van der Waals surface area contributed by atoms with Crippen molar-refractivity contribution in [1.29, 1.82) is 0 Å². The molecule has 0 spiro atoms. The van der Waals surface area contributed by atoms with E-state index in [1.165, 1.54) is 0 Å². The molecule has 6 heteroatoms. The monoisotopic (exact) mass is 216 g/mol. The first-order valence-corrected chi connectivity index (χ1v) is 4.23. The molecule has 14 heavy (non-hydrogen) atoms. The maximum atomic E-state index is 9.82. The maximum Gasteiger partial charge on any atom is 0.312 e. The molecular formula is C8H16N4OS. The number of amides is 2. The van der Waals surface area contributed by atoms with E-state index in [-0.39, 0.29) is 0 Å². The van der Waals surface area contributed by atoms with Gasteiger partial charge in [-0.1, -0.05) is 12.2 Å². The van der Waals surface area contributed by atoms with Crippen molar-refractivity contribution in [1.82, 2.24) is 10.6 Å². The van der Waals surface area contributed by atoms with Gasteiger partial charge in [-0.15, -0.1) is 13.2 Å². The van der Waals surface area contributed by atoms with Gasteiger partial charge < -0.3 is 22.1 Å². The first kappa shape index (κ1) is 14.9. The Morgan fingerprint density at radius 2 is 1.64 bits per heavy atom. The van der Waals surface area contributed by atoms with Crippen LogP contribution in [0.1, 0.15) is 0 Å². The third kappa shape index (κ3) is 22.4. The van der Waals surface area contributed by atoms with Crippen LogP contribution in [0, 0.1) is 0 Å². The molecule has 6 N–H and O–H groups in total. The molecule has 0 aromatic heterocycles. The molecule has 0 unspecified atom stereocenters. The minimum Gasteiger partial charge on any atom is -0.376 e. The highest BCUT2D eigenvalue weighted by Gasteiger charge is 1.81. The van der Waals surface area contributed by atoms with Crippen LogP contribution in [-0.2, 0) is 0 Å². The molecule has 0 fully saturated rings. The second-order valence-electron chi connectivity index (χ2n) is 2.07. The zero-order chi connectivity index (χ0) is 11.4. The molecule has 2 amide bonds. The van der Waals surface area contributed by atoms with Crippen molar-refractivity contribution in [3.8, 4) is 0 Å². The summed E-state index contributed by atoms with van der Waals surface area (Å²) >= 11 is 4.48. The van der Waals surface area contributed by atoms with Crippen LogP contribution >= 0.6 is 12.2 Å². The lowest BCUT2D eigenvalue weighted by Gasteiger charge is -1.94. The van der Waals surface area contributed by atoms with Gasteiger partial charge in [0.2, 0.25) is 0 Å². The summed E-state index contributed by atoms with van der Waals surface area (Å²) in [6.45, 7) is 7.91. The topological polar surface area (TPSA) is 93.2 Å². The molecule has 5 nitrogen and oxygen atoms in total. The summed E-state index contributed by atoms with van der Waals surface area (Å²) in [7, 11) is 0. The third-order valence-electron chi connectivity index (χ3n) is 0.841. The Labute approximate surface area is 89.2 Å². The molecule has 0 bridgehead atoms. The molecule has 0 radical (unpaired) electrons. The van der Waals surface area contributed by atoms with Crippen LogP contribution in [0.3, 0.4) is 0 Å². The number of carbonyl (C=O) groups excluding carboxylic acids is 1. The number of carbonyl (C=O) groups is 1. The molecule has 0 saturated heterocycles. The number of hydrogen-bond donors (Lipinski definition) is 4. The van der Waals surface area contributed by atoms with Gasteiger partial charge in [0.05, 0.1) is 0 Å². The van der Waals surface area contributed by atoms with Gasteiger partial charge in [0.1, 0.15) is 0 Å². The van der Waals surface area contributed by atoms with E-state index < -0.39 is 6.03 Å². The van der Waals surface area contributed by atoms with Crippen LogP contribution in [0.4, 0.5) is 4.79 Å². The number of thiocarbonyl (C=S) groups is 1. The van der Waals surface area contributed by atoms with Gasteiger partial charge in [0.25, 0.3) is 0 Å². The number of hydrogen-bond acceptors (Lipinski definition) is 2. The van der Waals surface area contributed by atoms with E-state index in [4.69, 9.17) is 5.73 Å². The molecule has 0 aliphatic rings. The Balaban J connectivity index is 0. The fraction of sp³-hybridized carbons (Fsp3) is 0.250. The summed E-state index contributed by atoms with van der Waals surface area (Å²) in [5.41, 5.74) is 9.73. The van der Waals surface area contributed by atoms with E-state index in [0.717, 1.165) is 0 Å². The van der Waals surface area contributed by atoms with Crippen molar-refractivity contribution in [2.24, 2.45) is 11.5 Å². The fourth-order valence-corrected chi connectivity index (χ4v) is 0.429. The molecule has 80 valence electrons. The fourth-order valence-electron chi connectivity index (χ4n) is 0.346. The van der Waals surface area contributed by atoms with E-state index in [2.05, 4.69) is 41.7 Å². The summed E-state index contributed by atoms with van der Waals surface area (Å²) in [5.74, 6) is 0. The highest BCUT2D eigenvalue weighted by Crippen LogP contribution is 1.58. The third-order valence-corrected chi connectivity index (χ3v) is 0.986. The minimum atomic E-state index is -0.514. The molecule has 0 aliphatic carbocycles. The van der Waals surface area contributed by atoms with E-state index in [0.29, 0.717) is 18.2 Å². The summed E-state index contributed by atoms with van der Waals surface area (Å²) < 4.78 is 0. The predicted molar refractivity (Wildman–Crippen MR) is 62.8 cm³/mol. The standard InChI is InChI=1S/C4H8N2O.C4H8N2S/c2*1-2-3-6-4(5)7/h2*2H,1,3H2,(H3,5,6,7). The number of primary amides is 1. The molecule has 0 atom stereocenters. The van der Waals surface area contributed by atoms with Crippen LogP contribution in [0.2, 0.25) is 0 Å². The Kier molecular flexibility index (Phi) is 12.2. The maximum absolute atomic E-state index is 9.82. The van der Waals surface area contributed by atoms with Crippen LogP contribution in [0.15, 0.2) is 25.3 Å². The van der Waals surface area contributed by atoms with Gasteiger partial charge in [-0.05, 0) is 12.2 Å². The van der Waals surface area contributed by atoms with Crippen LogP contribution in [0.5, 0.6) is 0 Å². The predicted octanol–water partition coefficient (Wildman–Crippen LogP) is -0.154. The van der Waals surface area contributed by atoms with E-state index >= 15 is 0 Å². The molecule has 0 rings (SSSR count). The van der Waals surface area contributed by atoms with Gasteiger partial charge in [-0.2, -0.15) is 0 Å². The normalized spacial score (nSPS) is 7.43. The molecular weight excluding hydrogens is 200 g/mol. The summed E-state index contributed by atoms with van der Waals surface area (Å²) in [4.78, 5) is 9.82. The van der Waals surface area contributed by atoms with E-state index in [1.54, 1.807) is 12.2 Å². The summed E-state index contributed by atoms with van der Waals surface area (Å²) in [6, 6.07) is -0.514. The number of rotatable bonds is 4. The summed E-state index contributed by atoms with van der Waals surface area (Å²) in [6.07, 6.45) is 3.25. The van der Waals surface area contributed by atoms with E-state index in [1.807, 2.05) is 0 Å². The van der Waals surface area contributed by atoms with E-state index in [9.17, 15) is 4.79 Å². The van der Waals surface area contributed by atoms with Crippen molar-refractivity contribution in [3.05, 3.63) is 25.3 Å². The highest BCUT2D eigenvalue weighted by molar-refractivity contribution is 7.80. The number of nitrogens with one attached hydrogen (secondary N) is 2. The van der Waals surface area contributed by atoms with Gasteiger partial charge in [0.15, 0.2) is 5.11 Å². The van der Waals surface area contributed by atoms with Crippen LogP contribution < -0.4 is 22.1 Å². The SMILES string of the molecule is C=CCNC(N)=O.C=CCNC(N)=S. The summed E-state index contributed by atoms with van der Waals surface area (Å²) in [5, 5.41) is 5.32. The molecule has 0 aliphatic heterocycles. The quantitative estimate of drug-likeness (QED) is 0.388. The molecule has 0 aromatic carbocycles. The first-order valence-electron chi connectivity index (χ1n) is 3.83. The van der Waals surface area contributed by atoms with Crippen molar-refractivity contribution in [3.63, 3.8) is 0 Å². The molecule has 0 heterocycles. The van der Waals surface area contributed by atoms with Crippen molar-refractivity contribution in [2.75, 3.05) is 13.1 Å². The lowest BCUT2D eigenvalue weighted by molar-refractivity contribution is 0.250. The van der Waals surface area contributed by atoms with Crippen LogP contribution in [-0.4, -0.2) is 24.2 Å². The molecule has 0 aromatic rings. The average molecular weight is 216 g/mol. The smallest absolute Gasteiger partial charge is 0.312 e. The highest BCUT2D eigenvalue weighted by atomic mass is 32.1. The van der Waals surface area contributed by atoms with Gasteiger partial charge in [0, 0.05) is 13.1 Å². The van der Waals surface area contributed by atoms with Crippen molar-refractivity contribution in [2.45, 2.75) is 0 Å². The Bertz CT molecular complexity index is 184. The Morgan fingerprint density at radius 1 is 1.21 bits per heavy atom. The van der Waals surface area contributed by atoms with Crippen molar-refractivity contribution < 1.29 is 4.79 Å². The van der Waals surface area contributed by atoms with Crippen LogP contribution in [0.25, 0.3) is 0 Å². The first-order chi connectivity index (χ1) is 6.54. The number of urea groups is 1. The van der Waals surface area contributed by atoms with Gasteiger partial charge >= 0.3 is 6.03 Å². The van der Waals surface area contributed by atoms with Gasteiger partial charge in [-0.25, -0.2) is 4.79 Å². The lowest BCUT2D eigenvalue weighted by atomic mass is 10.6. The second-order valence-corrected chi connectivity index (χ2v) is 2.51. The zero-order valence-electron chi connectivity index (χ0n) is 7.95. The average Bonchev–Trinajstić information content (AvgIpc) is 2.12. The Hall–Kier alpha value is -1.56. The van der Waals surface area contributed by atoms with Gasteiger partial charge in [-0.3, -0.25) is 0 Å². The second kappa shape index (κ2) is 11.4.